The van der Waals surface area contributed by atoms with E-state index in [9.17, 15) is 19.7 Å². The molecule has 0 spiro atoms. The molecule has 0 saturated carbocycles. The van der Waals surface area contributed by atoms with Gasteiger partial charge in [-0.3, -0.25) is 14.9 Å². The van der Waals surface area contributed by atoms with Crippen LogP contribution in [0.15, 0.2) is 24.3 Å². The molecule has 7 nitrogen and oxygen atoms in total. The van der Waals surface area contributed by atoms with Crippen LogP contribution in [0, 0.1) is 15.5 Å². The van der Waals surface area contributed by atoms with Crippen molar-refractivity contribution in [2.24, 2.45) is 5.41 Å². The highest BCUT2D eigenvalue weighted by Gasteiger charge is 2.40. The first-order chi connectivity index (χ1) is 8.83. The number of amides is 3. The fraction of sp³-hybridized carbons (Fsp3) is 0.333. The van der Waals surface area contributed by atoms with Gasteiger partial charge >= 0.3 is 6.03 Å². The monoisotopic (exact) mass is 263 g/mol. The van der Waals surface area contributed by atoms with Crippen molar-refractivity contribution in [2.45, 2.75) is 13.8 Å². The van der Waals surface area contributed by atoms with Crippen LogP contribution >= 0.6 is 0 Å². The van der Waals surface area contributed by atoms with Crippen LogP contribution in [0.25, 0.3) is 0 Å². The molecular formula is C12H13N3O4. The van der Waals surface area contributed by atoms with Crippen molar-refractivity contribution >= 4 is 23.3 Å². The molecule has 0 aromatic heterocycles. The molecule has 3 amide bonds. The largest absolute Gasteiger partial charge is 0.336 e. The number of nitrogens with one attached hydrogen (secondary N) is 1. The Kier molecular flexibility index (Phi) is 2.97. The number of hydrogen-bond donors (Lipinski definition) is 1. The maximum absolute atomic E-state index is 12.2. The Bertz CT molecular complexity index is 551. The summed E-state index contributed by atoms with van der Waals surface area (Å²) in [5.41, 5.74) is -0.468. The van der Waals surface area contributed by atoms with E-state index in [-0.39, 0.29) is 18.1 Å². The van der Waals surface area contributed by atoms with Crippen LogP contribution in [0.2, 0.25) is 0 Å². The topological polar surface area (TPSA) is 92.6 Å². The van der Waals surface area contributed by atoms with E-state index in [4.69, 9.17) is 0 Å². The lowest BCUT2D eigenvalue weighted by Crippen LogP contribution is -2.59. The number of rotatable bonds is 2. The quantitative estimate of drug-likeness (QED) is 0.649. The summed E-state index contributed by atoms with van der Waals surface area (Å²) in [4.78, 5) is 35.0. The summed E-state index contributed by atoms with van der Waals surface area (Å²) >= 11 is 0. The normalized spacial score (nSPS) is 18.1. The molecule has 0 unspecified atom stereocenters. The lowest BCUT2D eigenvalue weighted by Gasteiger charge is -2.36. The molecular weight excluding hydrogens is 250 g/mol. The fourth-order valence-electron chi connectivity index (χ4n) is 1.80. The first kappa shape index (κ1) is 13.0. The first-order valence-electron chi connectivity index (χ1n) is 5.70. The number of hydrogen-bond acceptors (Lipinski definition) is 4. The third kappa shape index (κ3) is 2.26. The zero-order chi connectivity index (χ0) is 14.2. The molecule has 0 radical (unpaired) electrons. The van der Waals surface area contributed by atoms with Gasteiger partial charge in [0, 0.05) is 18.7 Å². The van der Waals surface area contributed by atoms with Crippen LogP contribution in [-0.4, -0.2) is 23.4 Å². The molecule has 7 heteroatoms. The zero-order valence-corrected chi connectivity index (χ0v) is 10.5. The first-order valence-corrected chi connectivity index (χ1v) is 5.70. The number of non-ortho nitro benzene ring substituents is 1. The second kappa shape index (κ2) is 4.34. The number of anilines is 1. The molecule has 0 atom stereocenters. The molecule has 1 saturated heterocycles. The smallest absolute Gasteiger partial charge is 0.328 e. The maximum atomic E-state index is 12.2. The predicted octanol–water partition coefficient (Wildman–Crippen LogP) is 1.68. The average Bonchev–Trinajstić information content (AvgIpc) is 2.36. The van der Waals surface area contributed by atoms with E-state index in [1.54, 1.807) is 13.8 Å². The molecule has 1 aliphatic rings. The van der Waals surface area contributed by atoms with Crippen LogP contribution in [-0.2, 0) is 4.79 Å². The van der Waals surface area contributed by atoms with Crippen LogP contribution in [0.1, 0.15) is 13.8 Å². The lowest BCUT2D eigenvalue weighted by atomic mass is 9.89. The highest BCUT2D eigenvalue weighted by molar-refractivity contribution is 6.17. The molecule has 1 fully saturated rings. The summed E-state index contributed by atoms with van der Waals surface area (Å²) in [6, 6.07) is 4.78. The number of nitro benzene ring substituents is 1. The third-order valence-electron chi connectivity index (χ3n) is 2.99. The molecule has 1 N–H and O–H groups in total. The van der Waals surface area contributed by atoms with E-state index in [2.05, 4.69) is 5.32 Å². The van der Waals surface area contributed by atoms with Crippen LogP contribution in [0.3, 0.4) is 0 Å². The van der Waals surface area contributed by atoms with Gasteiger partial charge in [0.25, 0.3) is 5.69 Å². The number of carbonyl (C=O) groups is 2. The summed E-state index contributed by atoms with van der Waals surface area (Å²) < 4.78 is 0. The van der Waals surface area contributed by atoms with E-state index in [0.29, 0.717) is 5.69 Å². The van der Waals surface area contributed by atoms with Gasteiger partial charge in [-0.05, 0) is 26.0 Å². The van der Waals surface area contributed by atoms with E-state index < -0.39 is 16.4 Å². The van der Waals surface area contributed by atoms with Crippen LogP contribution < -0.4 is 10.2 Å². The molecule has 1 heterocycles. The Balaban J connectivity index is 2.36. The van der Waals surface area contributed by atoms with Crippen molar-refractivity contribution < 1.29 is 14.5 Å². The average molecular weight is 263 g/mol. The van der Waals surface area contributed by atoms with Gasteiger partial charge in [-0.1, -0.05) is 0 Å². The summed E-state index contributed by atoms with van der Waals surface area (Å²) in [7, 11) is 0. The van der Waals surface area contributed by atoms with E-state index in [1.807, 2.05) is 0 Å². The fourth-order valence-corrected chi connectivity index (χ4v) is 1.80. The van der Waals surface area contributed by atoms with E-state index in [0.717, 1.165) is 4.90 Å². The van der Waals surface area contributed by atoms with Crippen molar-refractivity contribution in [2.75, 3.05) is 11.4 Å². The third-order valence-corrected chi connectivity index (χ3v) is 2.99. The predicted molar refractivity (Wildman–Crippen MR) is 67.8 cm³/mol. The number of nitrogens with zero attached hydrogens (tertiary/aromatic N) is 2. The van der Waals surface area contributed by atoms with Gasteiger partial charge in [-0.15, -0.1) is 0 Å². The molecule has 0 aliphatic carbocycles. The van der Waals surface area contributed by atoms with Crippen molar-refractivity contribution in [3.05, 3.63) is 34.4 Å². The summed E-state index contributed by atoms with van der Waals surface area (Å²) in [6.07, 6.45) is 0. The molecule has 19 heavy (non-hydrogen) atoms. The molecule has 1 aromatic rings. The lowest BCUT2D eigenvalue weighted by molar-refractivity contribution is -0.384. The van der Waals surface area contributed by atoms with Crippen LogP contribution in [0.5, 0.6) is 0 Å². The number of imide groups is 1. The van der Waals surface area contributed by atoms with Gasteiger partial charge in [-0.2, -0.15) is 0 Å². The van der Waals surface area contributed by atoms with Crippen molar-refractivity contribution in [3.8, 4) is 0 Å². The van der Waals surface area contributed by atoms with Crippen molar-refractivity contribution in [1.82, 2.24) is 5.32 Å². The minimum absolute atomic E-state index is 0.0899. The van der Waals surface area contributed by atoms with E-state index in [1.165, 1.54) is 24.3 Å². The molecule has 1 aromatic carbocycles. The highest BCUT2D eigenvalue weighted by Crippen LogP contribution is 2.28. The summed E-state index contributed by atoms with van der Waals surface area (Å²) in [6.45, 7) is 3.73. The highest BCUT2D eigenvalue weighted by atomic mass is 16.6. The maximum Gasteiger partial charge on any atom is 0.328 e. The zero-order valence-electron chi connectivity index (χ0n) is 10.5. The number of benzene rings is 1. The van der Waals surface area contributed by atoms with Gasteiger partial charge < -0.3 is 5.32 Å². The Morgan fingerprint density at radius 2 is 1.84 bits per heavy atom. The SMILES string of the molecule is CC1(C)CNC(=O)N(c2ccc([N+](=O)[O-])cc2)C1=O. The standard InChI is InChI=1S/C12H13N3O4/c1-12(2)7-13-11(17)14(10(12)16)8-3-5-9(6-4-8)15(18)19/h3-6H,7H2,1-2H3,(H,13,17). The van der Waals surface area contributed by atoms with Gasteiger partial charge in [0.1, 0.15) is 0 Å². The number of urea groups is 1. The minimum Gasteiger partial charge on any atom is -0.336 e. The van der Waals surface area contributed by atoms with Gasteiger partial charge in [0.15, 0.2) is 0 Å². The Morgan fingerprint density at radius 3 is 2.37 bits per heavy atom. The number of nitro groups is 1. The van der Waals surface area contributed by atoms with Crippen molar-refractivity contribution in [1.29, 1.82) is 0 Å². The second-order valence-corrected chi connectivity index (χ2v) is 4.96. The Morgan fingerprint density at radius 1 is 1.26 bits per heavy atom. The van der Waals surface area contributed by atoms with Crippen molar-refractivity contribution in [3.63, 3.8) is 0 Å². The number of carbonyl (C=O) groups excluding carboxylic acids is 2. The molecule has 100 valence electrons. The van der Waals surface area contributed by atoms with Gasteiger partial charge in [0.05, 0.1) is 16.0 Å². The summed E-state index contributed by atoms with van der Waals surface area (Å²) in [5.74, 6) is -0.329. The Labute approximate surface area is 109 Å². The van der Waals surface area contributed by atoms with Gasteiger partial charge in [0.2, 0.25) is 5.91 Å². The van der Waals surface area contributed by atoms with Gasteiger partial charge in [-0.25, -0.2) is 9.69 Å². The van der Waals surface area contributed by atoms with Crippen LogP contribution in [0.4, 0.5) is 16.2 Å². The molecule has 1 aliphatic heterocycles. The minimum atomic E-state index is -0.699. The van der Waals surface area contributed by atoms with E-state index >= 15 is 0 Å². The molecule has 0 bridgehead atoms. The molecule has 2 rings (SSSR count). The summed E-state index contributed by atoms with van der Waals surface area (Å²) in [5, 5.41) is 13.2. The Hall–Kier alpha value is -2.44. The second-order valence-electron chi connectivity index (χ2n) is 4.96.